The highest BCUT2D eigenvalue weighted by atomic mass is 32.1. The van der Waals surface area contributed by atoms with Crippen LogP contribution in [0.15, 0.2) is 47.1 Å². The number of benzene rings is 1. The third kappa shape index (κ3) is 3.84. The molecule has 3 aromatic heterocycles. The minimum Gasteiger partial charge on any atom is -0.462 e. The van der Waals surface area contributed by atoms with Crippen molar-refractivity contribution in [2.45, 2.75) is 6.92 Å². The van der Waals surface area contributed by atoms with Gasteiger partial charge in [0.05, 0.1) is 18.4 Å². The Labute approximate surface area is 188 Å². The number of thiazole rings is 1. The normalized spacial score (nSPS) is 14.2. The van der Waals surface area contributed by atoms with Crippen LogP contribution in [0.4, 0.5) is 17.5 Å². The summed E-state index contributed by atoms with van der Waals surface area (Å²) in [7, 11) is 0. The topological polar surface area (TPSA) is 111 Å². The molecular weight excluding hydrogens is 428 g/mol. The Kier molecular flexibility index (Phi) is 5.36. The summed E-state index contributed by atoms with van der Waals surface area (Å²) in [6, 6.07) is 11.2. The number of esters is 1. The van der Waals surface area contributed by atoms with E-state index < -0.39 is 0 Å². The lowest BCUT2D eigenvalue weighted by molar-refractivity contribution is 0.0526. The summed E-state index contributed by atoms with van der Waals surface area (Å²) in [5.41, 5.74) is 8.43. The van der Waals surface area contributed by atoms with Crippen molar-refractivity contribution < 1.29 is 13.9 Å². The first-order chi connectivity index (χ1) is 15.6. The maximum Gasteiger partial charge on any atom is 0.338 e. The molecule has 2 N–H and O–H groups in total. The van der Waals surface area contributed by atoms with Crippen molar-refractivity contribution in [1.82, 2.24) is 15.0 Å². The molecule has 1 aliphatic rings. The highest BCUT2D eigenvalue weighted by molar-refractivity contribution is 7.21. The van der Waals surface area contributed by atoms with Crippen molar-refractivity contribution in [2.75, 3.05) is 48.3 Å². The van der Waals surface area contributed by atoms with Crippen LogP contribution in [0.5, 0.6) is 0 Å². The van der Waals surface area contributed by atoms with Crippen molar-refractivity contribution >= 4 is 45.1 Å². The van der Waals surface area contributed by atoms with Gasteiger partial charge < -0.3 is 24.7 Å². The lowest BCUT2D eigenvalue weighted by Crippen LogP contribution is -2.47. The Morgan fingerprint density at radius 1 is 1.09 bits per heavy atom. The van der Waals surface area contributed by atoms with Crippen molar-refractivity contribution in [2.24, 2.45) is 0 Å². The van der Waals surface area contributed by atoms with Gasteiger partial charge in [-0.05, 0) is 43.3 Å². The largest absolute Gasteiger partial charge is 0.462 e. The lowest BCUT2D eigenvalue weighted by Gasteiger charge is -2.36. The maximum atomic E-state index is 11.8. The fourth-order valence-electron chi connectivity index (χ4n) is 3.67. The van der Waals surface area contributed by atoms with Crippen LogP contribution < -0.4 is 15.5 Å². The Balaban J connectivity index is 1.29. The number of fused-ring (bicyclic) bond motifs is 1. The number of ether oxygens (including phenoxy) is 1. The quantitative estimate of drug-likeness (QED) is 0.457. The molecule has 0 bridgehead atoms. The standard InChI is InChI=1S/C22H22N6O3S/c1-2-30-21(29)14-5-7-15(8-6-14)27-9-11-28(12-10-27)22-25-18(23)17-20(26-22)32-19(24-17)16-4-3-13-31-16/h3-8,13H,2,9-12H2,1H3,(H2,23,25,26). The van der Waals surface area contributed by atoms with E-state index in [-0.39, 0.29) is 5.97 Å². The van der Waals surface area contributed by atoms with E-state index >= 15 is 0 Å². The molecule has 1 aromatic carbocycles. The van der Waals surface area contributed by atoms with Crippen LogP contribution in [0.2, 0.25) is 0 Å². The van der Waals surface area contributed by atoms with Crippen molar-refractivity contribution in [3.05, 3.63) is 48.2 Å². The predicted octanol–water partition coefficient (Wildman–Crippen LogP) is 3.43. The fourth-order valence-corrected chi connectivity index (χ4v) is 4.58. The molecule has 4 aromatic rings. The molecule has 164 valence electrons. The SMILES string of the molecule is CCOC(=O)c1ccc(N2CCN(c3nc(N)c4nc(-c5ccco5)sc4n3)CC2)cc1. The molecule has 0 amide bonds. The predicted molar refractivity (Wildman–Crippen MR) is 124 cm³/mol. The monoisotopic (exact) mass is 450 g/mol. The summed E-state index contributed by atoms with van der Waals surface area (Å²) in [4.78, 5) is 30.8. The first kappa shape index (κ1) is 20.3. The lowest BCUT2D eigenvalue weighted by atomic mass is 10.2. The second kappa shape index (κ2) is 8.46. The number of hydrogen-bond acceptors (Lipinski definition) is 10. The third-order valence-electron chi connectivity index (χ3n) is 5.31. The van der Waals surface area contributed by atoms with E-state index in [1.807, 2.05) is 24.3 Å². The number of nitrogen functional groups attached to an aromatic ring is 1. The van der Waals surface area contributed by atoms with Gasteiger partial charge in [0.1, 0.15) is 5.52 Å². The number of hydrogen-bond donors (Lipinski definition) is 1. The molecule has 1 aliphatic heterocycles. The van der Waals surface area contributed by atoms with E-state index in [1.54, 1.807) is 25.3 Å². The minimum atomic E-state index is -0.299. The molecule has 0 aliphatic carbocycles. The van der Waals surface area contributed by atoms with Gasteiger partial charge in [-0.25, -0.2) is 9.78 Å². The summed E-state index contributed by atoms with van der Waals surface area (Å²) in [6.45, 7) is 5.30. The second-order valence-corrected chi connectivity index (χ2v) is 8.28. The molecule has 5 rings (SSSR count). The number of nitrogens with two attached hydrogens (primary N) is 1. The van der Waals surface area contributed by atoms with E-state index in [1.165, 1.54) is 11.3 Å². The average Bonchev–Trinajstić information content (AvgIpc) is 3.50. The fraction of sp³-hybridized carbons (Fsp3) is 0.273. The van der Waals surface area contributed by atoms with Gasteiger partial charge >= 0.3 is 5.97 Å². The van der Waals surface area contributed by atoms with Gasteiger partial charge in [-0.2, -0.15) is 9.97 Å². The van der Waals surface area contributed by atoms with Crippen molar-refractivity contribution in [1.29, 1.82) is 0 Å². The number of nitrogens with zero attached hydrogens (tertiary/aromatic N) is 5. The molecule has 0 radical (unpaired) electrons. The van der Waals surface area contributed by atoms with E-state index in [0.717, 1.165) is 41.7 Å². The molecule has 9 nitrogen and oxygen atoms in total. The number of carbonyl (C=O) groups is 1. The van der Waals surface area contributed by atoms with E-state index in [9.17, 15) is 4.79 Å². The Hall–Kier alpha value is -3.66. The maximum absolute atomic E-state index is 11.8. The van der Waals surface area contributed by atoms with Crippen LogP contribution in [-0.2, 0) is 4.74 Å². The molecule has 0 saturated carbocycles. The van der Waals surface area contributed by atoms with Gasteiger partial charge in [-0.1, -0.05) is 11.3 Å². The highest BCUT2D eigenvalue weighted by Crippen LogP contribution is 2.32. The Morgan fingerprint density at radius 3 is 2.53 bits per heavy atom. The van der Waals surface area contributed by atoms with Crippen LogP contribution in [0, 0.1) is 0 Å². The van der Waals surface area contributed by atoms with Gasteiger partial charge in [0, 0.05) is 31.9 Å². The summed E-state index contributed by atoms with van der Waals surface area (Å²) in [5, 5.41) is 0.735. The summed E-state index contributed by atoms with van der Waals surface area (Å²) >= 11 is 1.44. The van der Waals surface area contributed by atoms with Crippen molar-refractivity contribution in [3.8, 4) is 10.8 Å². The second-order valence-electron chi connectivity index (χ2n) is 7.30. The van der Waals surface area contributed by atoms with Crippen LogP contribution in [0.3, 0.4) is 0 Å². The molecule has 0 spiro atoms. The molecule has 4 heterocycles. The first-order valence-corrected chi connectivity index (χ1v) is 11.2. The van der Waals surface area contributed by atoms with Gasteiger partial charge in [-0.15, -0.1) is 0 Å². The highest BCUT2D eigenvalue weighted by Gasteiger charge is 2.22. The zero-order chi connectivity index (χ0) is 22.1. The van der Waals surface area contributed by atoms with E-state index in [0.29, 0.717) is 35.2 Å². The molecule has 0 unspecified atom stereocenters. The van der Waals surface area contributed by atoms with Crippen LogP contribution in [-0.4, -0.2) is 53.7 Å². The number of anilines is 3. The number of rotatable bonds is 5. The average molecular weight is 451 g/mol. The number of carbonyl (C=O) groups excluding carboxylic acids is 1. The molecule has 1 fully saturated rings. The zero-order valence-corrected chi connectivity index (χ0v) is 18.3. The first-order valence-electron chi connectivity index (χ1n) is 10.4. The Morgan fingerprint density at radius 2 is 1.84 bits per heavy atom. The van der Waals surface area contributed by atoms with Crippen molar-refractivity contribution in [3.63, 3.8) is 0 Å². The van der Waals surface area contributed by atoms with Gasteiger partial charge in [0.2, 0.25) is 5.95 Å². The zero-order valence-electron chi connectivity index (χ0n) is 17.5. The molecule has 10 heteroatoms. The number of aromatic nitrogens is 3. The van der Waals surface area contributed by atoms with Gasteiger partial charge in [0.25, 0.3) is 0 Å². The molecule has 0 atom stereocenters. The summed E-state index contributed by atoms with van der Waals surface area (Å²) < 4.78 is 10.5. The molecule has 32 heavy (non-hydrogen) atoms. The van der Waals surface area contributed by atoms with Crippen LogP contribution in [0.25, 0.3) is 21.1 Å². The van der Waals surface area contributed by atoms with E-state index in [2.05, 4.69) is 19.8 Å². The minimum absolute atomic E-state index is 0.299. The summed E-state index contributed by atoms with van der Waals surface area (Å²) in [5.74, 6) is 1.38. The number of piperazine rings is 1. The molecule has 1 saturated heterocycles. The van der Waals surface area contributed by atoms with Gasteiger partial charge in [-0.3, -0.25) is 0 Å². The summed E-state index contributed by atoms with van der Waals surface area (Å²) in [6.07, 6.45) is 1.62. The van der Waals surface area contributed by atoms with Gasteiger partial charge in [0.15, 0.2) is 21.4 Å². The smallest absolute Gasteiger partial charge is 0.338 e. The molecular formula is C22H22N6O3S. The Bertz CT molecular complexity index is 1230. The van der Waals surface area contributed by atoms with E-state index in [4.69, 9.17) is 19.9 Å². The third-order valence-corrected chi connectivity index (χ3v) is 6.28. The van der Waals surface area contributed by atoms with Crippen LogP contribution >= 0.6 is 11.3 Å². The van der Waals surface area contributed by atoms with Crippen LogP contribution in [0.1, 0.15) is 17.3 Å². The number of furan rings is 1.